The summed E-state index contributed by atoms with van der Waals surface area (Å²) < 4.78 is 6.43. The number of nitrogens with zero attached hydrogens (tertiary/aromatic N) is 3. The summed E-state index contributed by atoms with van der Waals surface area (Å²) in [5.74, 6) is 0.345. The normalized spacial score (nSPS) is 21.8. The summed E-state index contributed by atoms with van der Waals surface area (Å²) in [6, 6.07) is 12.0. The number of hydrogen-bond donors (Lipinski definition) is 1. The van der Waals surface area contributed by atoms with Crippen LogP contribution >= 0.6 is 0 Å². The van der Waals surface area contributed by atoms with Crippen LogP contribution in [0.15, 0.2) is 48.7 Å². The molecule has 1 aromatic carbocycles. The summed E-state index contributed by atoms with van der Waals surface area (Å²) in [7, 11) is 2.09. The van der Waals surface area contributed by atoms with Crippen molar-refractivity contribution in [2.24, 2.45) is 5.92 Å². The molecule has 2 heterocycles. The molecule has 6 heteroatoms. The van der Waals surface area contributed by atoms with Crippen molar-refractivity contribution in [2.45, 2.75) is 51.8 Å². The number of aliphatic hydroxyl groups excluding tert-OH is 1. The van der Waals surface area contributed by atoms with E-state index < -0.39 is 0 Å². The number of rotatable bonds is 7. The van der Waals surface area contributed by atoms with Gasteiger partial charge < -0.3 is 14.7 Å². The molecule has 4 rings (SSSR count). The van der Waals surface area contributed by atoms with Crippen molar-refractivity contribution in [1.29, 1.82) is 0 Å². The minimum Gasteiger partial charge on any atom is -0.472 e. The average Bonchev–Trinajstić information content (AvgIpc) is 3.36. The van der Waals surface area contributed by atoms with Gasteiger partial charge in [-0.3, -0.25) is 9.69 Å². The molecule has 6 nitrogen and oxygen atoms in total. The van der Waals surface area contributed by atoms with Gasteiger partial charge in [0.15, 0.2) is 0 Å². The maximum Gasteiger partial charge on any atom is 0.259 e. The van der Waals surface area contributed by atoms with Gasteiger partial charge in [-0.1, -0.05) is 43.3 Å². The van der Waals surface area contributed by atoms with Crippen molar-refractivity contribution in [3.8, 4) is 5.88 Å². The number of amides is 1. The first-order chi connectivity index (χ1) is 16.0. The predicted molar refractivity (Wildman–Crippen MR) is 130 cm³/mol. The maximum absolute atomic E-state index is 13.5. The van der Waals surface area contributed by atoms with Gasteiger partial charge >= 0.3 is 0 Å². The van der Waals surface area contributed by atoms with Gasteiger partial charge in [-0.2, -0.15) is 0 Å². The molecular weight excluding hydrogens is 414 g/mol. The van der Waals surface area contributed by atoms with Gasteiger partial charge in [0, 0.05) is 31.7 Å². The third-order valence-corrected chi connectivity index (χ3v) is 6.72. The number of pyridine rings is 1. The molecule has 1 N–H and O–H groups in total. The molecule has 1 amide bonds. The molecule has 3 atom stereocenters. The lowest BCUT2D eigenvalue weighted by molar-refractivity contribution is 0.0325. The van der Waals surface area contributed by atoms with Gasteiger partial charge in [0.05, 0.1) is 12.6 Å². The molecular formula is C27H35N3O3. The molecule has 33 heavy (non-hydrogen) atoms. The van der Waals surface area contributed by atoms with Crippen molar-refractivity contribution in [3.63, 3.8) is 0 Å². The number of benzene rings is 1. The number of hydrogen-bond acceptors (Lipinski definition) is 5. The van der Waals surface area contributed by atoms with E-state index in [1.807, 2.05) is 25.3 Å². The van der Waals surface area contributed by atoms with Crippen LogP contribution in [0.1, 0.15) is 54.6 Å². The van der Waals surface area contributed by atoms with Crippen molar-refractivity contribution < 1.29 is 14.6 Å². The standard InChI is InChI=1S/C27H35N3O3/c1-19-15-30(20(2)18-31)27(32)24-13-23(22-11-7-8-12-22)14-28-26(24)33-25(19)17-29(3)16-21-9-5-4-6-10-21/h4-6,9-11,13-14,19-20,25,31H,7-8,12,15-18H2,1-3H3/t19-,20+,25-/m0/s1. The highest BCUT2D eigenvalue weighted by Gasteiger charge is 2.34. The molecule has 2 aromatic rings. The van der Waals surface area contributed by atoms with Crippen LogP contribution in [0.25, 0.3) is 5.57 Å². The minimum atomic E-state index is -0.275. The Labute approximate surface area is 196 Å². The predicted octanol–water partition coefficient (Wildman–Crippen LogP) is 4.00. The van der Waals surface area contributed by atoms with E-state index in [4.69, 9.17) is 4.74 Å². The Hall–Kier alpha value is -2.70. The number of carbonyl (C=O) groups is 1. The fraction of sp³-hybridized carbons (Fsp3) is 0.481. The van der Waals surface area contributed by atoms with Gasteiger partial charge in [0.2, 0.25) is 5.88 Å². The SMILES string of the molecule is C[C@H](CO)N1C[C@H](C)[C@H](CN(C)Cc2ccccc2)Oc2ncc(C3=CCCC3)cc2C1=O. The molecule has 0 spiro atoms. The highest BCUT2D eigenvalue weighted by Crippen LogP contribution is 2.32. The largest absolute Gasteiger partial charge is 0.472 e. The zero-order valence-corrected chi connectivity index (χ0v) is 19.9. The zero-order valence-electron chi connectivity index (χ0n) is 19.9. The molecule has 1 aliphatic heterocycles. The average molecular weight is 450 g/mol. The lowest BCUT2D eigenvalue weighted by atomic mass is 9.99. The van der Waals surface area contributed by atoms with Crippen molar-refractivity contribution in [1.82, 2.24) is 14.8 Å². The van der Waals surface area contributed by atoms with E-state index in [1.165, 1.54) is 11.1 Å². The molecule has 0 radical (unpaired) electrons. The number of aliphatic hydroxyl groups is 1. The van der Waals surface area contributed by atoms with Crippen LogP contribution in [-0.4, -0.2) is 64.7 Å². The zero-order chi connectivity index (χ0) is 23.4. The van der Waals surface area contributed by atoms with Crippen molar-refractivity contribution in [3.05, 3.63) is 65.4 Å². The summed E-state index contributed by atoms with van der Waals surface area (Å²) >= 11 is 0. The second-order valence-corrected chi connectivity index (χ2v) is 9.50. The van der Waals surface area contributed by atoms with Crippen LogP contribution in [0.2, 0.25) is 0 Å². The second kappa shape index (κ2) is 10.5. The number of likely N-dealkylation sites (N-methyl/N-ethyl adjacent to an activating group) is 1. The van der Waals surface area contributed by atoms with E-state index in [1.54, 1.807) is 4.90 Å². The number of fused-ring (bicyclic) bond motifs is 1. The molecule has 2 aliphatic rings. The van der Waals surface area contributed by atoms with E-state index in [0.29, 0.717) is 24.5 Å². The molecule has 0 saturated heterocycles. The highest BCUT2D eigenvalue weighted by molar-refractivity contribution is 5.97. The smallest absolute Gasteiger partial charge is 0.259 e. The quantitative estimate of drug-likeness (QED) is 0.692. The topological polar surface area (TPSA) is 65.9 Å². The lowest BCUT2D eigenvalue weighted by Gasteiger charge is -2.37. The summed E-state index contributed by atoms with van der Waals surface area (Å²) in [6.07, 6.45) is 7.14. The first-order valence-corrected chi connectivity index (χ1v) is 12.0. The summed E-state index contributed by atoms with van der Waals surface area (Å²) in [5, 5.41) is 9.85. The Morgan fingerprint density at radius 1 is 1.30 bits per heavy atom. The van der Waals surface area contributed by atoms with E-state index in [2.05, 4.69) is 54.2 Å². The summed E-state index contributed by atoms with van der Waals surface area (Å²) in [6.45, 7) is 5.96. The number of carbonyl (C=O) groups excluding carboxylic acids is 1. The number of aromatic nitrogens is 1. The van der Waals surface area contributed by atoms with Crippen LogP contribution in [0.5, 0.6) is 5.88 Å². The van der Waals surface area contributed by atoms with Gasteiger partial charge in [-0.05, 0) is 56.0 Å². The highest BCUT2D eigenvalue weighted by atomic mass is 16.5. The van der Waals surface area contributed by atoms with Crippen molar-refractivity contribution in [2.75, 3.05) is 26.7 Å². The van der Waals surface area contributed by atoms with Gasteiger partial charge in [-0.15, -0.1) is 0 Å². The molecule has 0 bridgehead atoms. The Bertz CT molecular complexity index is 991. The Balaban J connectivity index is 1.62. The first-order valence-electron chi connectivity index (χ1n) is 12.0. The Morgan fingerprint density at radius 2 is 2.09 bits per heavy atom. The monoisotopic (exact) mass is 449 g/mol. The van der Waals surface area contributed by atoms with Crippen molar-refractivity contribution >= 4 is 11.5 Å². The molecule has 1 aromatic heterocycles. The number of allylic oxidation sites excluding steroid dienone is 2. The fourth-order valence-corrected chi connectivity index (χ4v) is 4.70. The van der Waals surface area contributed by atoms with Gasteiger partial charge in [0.25, 0.3) is 5.91 Å². The third-order valence-electron chi connectivity index (χ3n) is 6.72. The van der Waals surface area contributed by atoms with E-state index in [0.717, 1.165) is 31.4 Å². The third kappa shape index (κ3) is 5.45. The summed E-state index contributed by atoms with van der Waals surface area (Å²) in [5.41, 5.74) is 3.97. The van der Waals surface area contributed by atoms with Crippen LogP contribution in [-0.2, 0) is 6.54 Å². The van der Waals surface area contributed by atoms with Crippen LogP contribution in [0.3, 0.4) is 0 Å². The molecule has 0 saturated carbocycles. The maximum atomic E-state index is 13.5. The van der Waals surface area contributed by atoms with E-state index in [-0.39, 0.29) is 30.6 Å². The van der Waals surface area contributed by atoms with E-state index >= 15 is 0 Å². The molecule has 1 aliphatic carbocycles. The fourth-order valence-electron chi connectivity index (χ4n) is 4.70. The Kier molecular flexibility index (Phi) is 7.46. The summed E-state index contributed by atoms with van der Waals surface area (Å²) in [4.78, 5) is 22.2. The number of ether oxygens (including phenoxy) is 1. The Morgan fingerprint density at radius 3 is 2.79 bits per heavy atom. The van der Waals surface area contributed by atoms with Crippen LogP contribution in [0, 0.1) is 5.92 Å². The van der Waals surface area contributed by atoms with Gasteiger partial charge in [0.1, 0.15) is 11.7 Å². The molecule has 0 unspecified atom stereocenters. The van der Waals surface area contributed by atoms with E-state index in [9.17, 15) is 9.90 Å². The van der Waals surface area contributed by atoms with Gasteiger partial charge in [-0.25, -0.2) is 4.98 Å². The minimum absolute atomic E-state index is 0.0772. The molecule has 0 fully saturated rings. The second-order valence-electron chi connectivity index (χ2n) is 9.50. The molecule has 176 valence electrons. The first kappa shape index (κ1) is 23.5. The van der Waals surface area contributed by atoms with Crippen LogP contribution in [0.4, 0.5) is 0 Å². The van der Waals surface area contributed by atoms with Crippen LogP contribution < -0.4 is 4.74 Å². The lowest BCUT2D eigenvalue weighted by Crippen LogP contribution is -2.49.